The lowest BCUT2D eigenvalue weighted by molar-refractivity contribution is 0.187. The van der Waals surface area contributed by atoms with Crippen molar-refractivity contribution in [1.82, 2.24) is 5.32 Å². The molecule has 1 atom stereocenters. The van der Waals surface area contributed by atoms with Crippen LogP contribution in [0.4, 0.5) is 0 Å². The maximum Gasteiger partial charge on any atom is 0.0587 e. The minimum Gasteiger partial charge on any atom is -0.383 e. The average Bonchev–Trinajstić information content (AvgIpc) is 2.34. The zero-order chi connectivity index (χ0) is 11.6. The molecule has 0 saturated heterocycles. The molecule has 1 fully saturated rings. The first-order chi connectivity index (χ1) is 7.88. The van der Waals surface area contributed by atoms with Crippen LogP contribution in [0.1, 0.15) is 51.9 Å². The van der Waals surface area contributed by atoms with Gasteiger partial charge in [-0.05, 0) is 24.8 Å². The van der Waals surface area contributed by atoms with Gasteiger partial charge in [0.25, 0.3) is 0 Å². The van der Waals surface area contributed by atoms with Gasteiger partial charge in [-0.25, -0.2) is 0 Å². The van der Waals surface area contributed by atoms with Crippen LogP contribution in [0.5, 0.6) is 0 Å². The van der Waals surface area contributed by atoms with Gasteiger partial charge in [-0.1, -0.05) is 45.4 Å². The maximum atomic E-state index is 5.07. The molecule has 0 aromatic heterocycles. The molecule has 0 spiro atoms. The monoisotopic (exact) mass is 227 g/mol. The van der Waals surface area contributed by atoms with E-state index in [-0.39, 0.29) is 0 Å². The first kappa shape index (κ1) is 14.0. The minimum atomic E-state index is 0.837. The van der Waals surface area contributed by atoms with Crippen molar-refractivity contribution in [3.05, 3.63) is 0 Å². The van der Waals surface area contributed by atoms with Crippen molar-refractivity contribution in [2.24, 2.45) is 11.8 Å². The van der Waals surface area contributed by atoms with Crippen molar-refractivity contribution < 1.29 is 4.74 Å². The SMILES string of the molecule is CCCC(CNCCOC)C1CCCCC1. The van der Waals surface area contributed by atoms with Crippen LogP contribution in [0.2, 0.25) is 0 Å². The largest absolute Gasteiger partial charge is 0.383 e. The first-order valence-corrected chi connectivity index (χ1v) is 7.08. The Morgan fingerprint density at radius 1 is 1.25 bits per heavy atom. The van der Waals surface area contributed by atoms with Crippen LogP contribution >= 0.6 is 0 Å². The van der Waals surface area contributed by atoms with Gasteiger partial charge in [0, 0.05) is 13.7 Å². The molecule has 1 saturated carbocycles. The first-order valence-electron chi connectivity index (χ1n) is 7.08. The van der Waals surface area contributed by atoms with Gasteiger partial charge in [0.1, 0.15) is 0 Å². The Balaban J connectivity index is 2.22. The van der Waals surface area contributed by atoms with Crippen LogP contribution in [-0.2, 0) is 4.74 Å². The molecule has 0 amide bonds. The summed E-state index contributed by atoms with van der Waals surface area (Å²) in [4.78, 5) is 0. The van der Waals surface area contributed by atoms with E-state index in [0.29, 0.717) is 0 Å². The molecule has 1 rings (SSSR count). The second kappa shape index (κ2) is 9.00. The van der Waals surface area contributed by atoms with Gasteiger partial charge in [0.2, 0.25) is 0 Å². The van der Waals surface area contributed by atoms with Gasteiger partial charge in [-0.2, -0.15) is 0 Å². The highest BCUT2D eigenvalue weighted by atomic mass is 16.5. The van der Waals surface area contributed by atoms with Crippen LogP contribution in [0.25, 0.3) is 0 Å². The van der Waals surface area contributed by atoms with Crippen LogP contribution < -0.4 is 5.32 Å². The van der Waals surface area contributed by atoms with Crippen molar-refractivity contribution in [3.8, 4) is 0 Å². The highest BCUT2D eigenvalue weighted by molar-refractivity contribution is 4.75. The highest BCUT2D eigenvalue weighted by Crippen LogP contribution is 2.31. The molecule has 0 aliphatic heterocycles. The summed E-state index contributed by atoms with van der Waals surface area (Å²) in [5.41, 5.74) is 0. The van der Waals surface area contributed by atoms with Gasteiger partial charge in [-0.3, -0.25) is 0 Å². The van der Waals surface area contributed by atoms with E-state index in [1.807, 2.05) is 0 Å². The average molecular weight is 227 g/mol. The summed E-state index contributed by atoms with van der Waals surface area (Å²) in [7, 11) is 1.77. The van der Waals surface area contributed by atoms with E-state index in [1.54, 1.807) is 7.11 Å². The third-order valence-electron chi connectivity index (χ3n) is 3.87. The van der Waals surface area contributed by atoms with Gasteiger partial charge < -0.3 is 10.1 Å². The third kappa shape index (κ3) is 5.31. The number of hydrogen-bond acceptors (Lipinski definition) is 2. The zero-order valence-electron chi connectivity index (χ0n) is 11.1. The van der Waals surface area contributed by atoms with Gasteiger partial charge in [0.15, 0.2) is 0 Å². The molecule has 2 nitrogen and oxygen atoms in total. The number of nitrogens with one attached hydrogen (secondary N) is 1. The van der Waals surface area contributed by atoms with Crippen LogP contribution in [0.3, 0.4) is 0 Å². The van der Waals surface area contributed by atoms with Crippen LogP contribution in [0, 0.1) is 11.8 Å². The van der Waals surface area contributed by atoms with Crippen molar-refractivity contribution in [2.45, 2.75) is 51.9 Å². The van der Waals surface area contributed by atoms with Crippen LogP contribution in [0.15, 0.2) is 0 Å². The van der Waals surface area contributed by atoms with E-state index in [2.05, 4.69) is 12.2 Å². The molecule has 0 aromatic rings. The molecule has 0 radical (unpaired) electrons. The van der Waals surface area contributed by atoms with Crippen molar-refractivity contribution in [1.29, 1.82) is 0 Å². The smallest absolute Gasteiger partial charge is 0.0587 e. The molecule has 16 heavy (non-hydrogen) atoms. The Hall–Kier alpha value is -0.0800. The summed E-state index contributed by atoms with van der Waals surface area (Å²) in [6.07, 6.45) is 10.0. The molecule has 2 heteroatoms. The number of ether oxygens (including phenoxy) is 1. The summed E-state index contributed by atoms with van der Waals surface area (Å²) in [6, 6.07) is 0. The Kier molecular flexibility index (Phi) is 7.87. The standard InChI is InChI=1S/C14H29NO/c1-3-7-14(12-15-10-11-16-2)13-8-5-4-6-9-13/h13-15H,3-12H2,1-2H3. The van der Waals surface area contributed by atoms with E-state index in [1.165, 1.54) is 51.5 Å². The third-order valence-corrected chi connectivity index (χ3v) is 3.87. The number of rotatable bonds is 8. The van der Waals surface area contributed by atoms with E-state index in [0.717, 1.165) is 25.0 Å². The van der Waals surface area contributed by atoms with E-state index >= 15 is 0 Å². The van der Waals surface area contributed by atoms with Gasteiger partial charge in [0.05, 0.1) is 6.61 Å². The fourth-order valence-electron chi connectivity index (χ4n) is 2.94. The summed E-state index contributed by atoms with van der Waals surface area (Å²) >= 11 is 0. The Labute approximate surface area is 101 Å². The predicted octanol–water partition coefficient (Wildman–Crippen LogP) is 3.22. The predicted molar refractivity (Wildman–Crippen MR) is 69.7 cm³/mol. The molecule has 1 aliphatic carbocycles. The lowest BCUT2D eigenvalue weighted by atomic mass is 9.78. The number of hydrogen-bond donors (Lipinski definition) is 1. The fourth-order valence-corrected chi connectivity index (χ4v) is 2.94. The van der Waals surface area contributed by atoms with E-state index in [4.69, 9.17) is 4.74 Å². The molecular formula is C14H29NO. The quantitative estimate of drug-likeness (QED) is 0.643. The fraction of sp³-hybridized carbons (Fsp3) is 1.00. The summed E-state index contributed by atoms with van der Waals surface area (Å²) < 4.78 is 5.07. The molecule has 0 bridgehead atoms. The normalized spacial score (nSPS) is 19.9. The molecule has 0 heterocycles. The summed E-state index contributed by atoms with van der Waals surface area (Å²) in [6.45, 7) is 5.35. The lowest BCUT2D eigenvalue weighted by Gasteiger charge is -2.30. The summed E-state index contributed by atoms with van der Waals surface area (Å²) in [5, 5.41) is 3.54. The van der Waals surface area contributed by atoms with E-state index in [9.17, 15) is 0 Å². The summed E-state index contributed by atoms with van der Waals surface area (Å²) in [5.74, 6) is 1.89. The second-order valence-corrected chi connectivity index (χ2v) is 5.14. The molecule has 0 aromatic carbocycles. The maximum absolute atomic E-state index is 5.07. The second-order valence-electron chi connectivity index (χ2n) is 5.14. The Bertz CT molecular complexity index is 155. The molecule has 1 unspecified atom stereocenters. The highest BCUT2D eigenvalue weighted by Gasteiger charge is 2.22. The molecule has 1 N–H and O–H groups in total. The Morgan fingerprint density at radius 3 is 2.62 bits per heavy atom. The van der Waals surface area contributed by atoms with Gasteiger partial charge >= 0.3 is 0 Å². The molecule has 1 aliphatic rings. The minimum absolute atomic E-state index is 0.837. The van der Waals surface area contributed by atoms with Crippen molar-refractivity contribution >= 4 is 0 Å². The Morgan fingerprint density at radius 2 is 2.00 bits per heavy atom. The zero-order valence-corrected chi connectivity index (χ0v) is 11.1. The molecular weight excluding hydrogens is 198 g/mol. The lowest BCUT2D eigenvalue weighted by Crippen LogP contribution is -2.31. The topological polar surface area (TPSA) is 21.3 Å². The van der Waals surface area contributed by atoms with Gasteiger partial charge in [-0.15, -0.1) is 0 Å². The van der Waals surface area contributed by atoms with Crippen molar-refractivity contribution in [3.63, 3.8) is 0 Å². The van der Waals surface area contributed by atoms with Crippen molar-refractivity contribution in [2.75, 3.05) is 26.8 Å². The van der Waals surface area contributed by atoms with Crippen LogP contribution in [-0.4, -0.2) is 26.8 Å². The number of methoxy groups -OCH3 is 1. The molecule has 96 valence electrons. The van der Waals surface area contributed by atoms with E-state index < -0.39 is 0 Å².